The second kappa shape index (κ2) is 10.6. The Morgan fingerprint density at radius 3 is 2.35 bits per heavy atom. The topological polar surface area (TPSA) is 65.5 Å². The second-order valence-corrected chi connectivity index (χ2v) is 8.07. The maximum Gasteiger partial charge on any atom is 0.326 e. The zero-order chi connectivity index (χ0) is 21.5. The fourth-order valence-electron chi connectivity index (χ4n) is 3.69. The lowest BCUT2D eigenvalue weighted by Gasteiger charge is -2.19. The van der Waals surface area contributed by atoms with Crippen molar-refractivity contribution in [1.29, 1.82) is 0 Å². The molecule has 1 fully saturated rings. The van der Waals surface area contributed by atoms with E-state index >= 15 is 0 Å². The fraction of sp³-hybridized carbons (Fsp3) is 0.333. The molecule has 31 heavy (non-hydrogen) atoms. The highest BCUT2D eigenvalue weighted by molar-refractivity contribution is 7.71. The van der Waals surface area contributed by atoms with Gasteiger partial charge in [0, 0.05) is 12.6 Å². The monoisotopic (exact) mass is 438 g/mol. The van der Waals surface area contributed by atoms with Crippen LogP contribution in [-0.2, 0) is 34.0 Å². The van der Waals surface area contributed by atoms with E-state index in [2.05, 4.69) is 4.98 Å². The predicted octanol–water partition coefficient (Wildman–Crippen LogP) is 3.87. The first-order chi connectivity index (χ1) is 15.2. The van der Waals surface area contributed by atoms with Gasteiger partial charge in [-0.1, -0.05) is 72.9 Å². The van der Waals surface area contributed by atoms with Crippen LogP contribution in [0.15, 0.2) is 77.7 Å². The Bertz CT molecular complexity index is 1070. The van der Waals surface area contributed by atoms with E-state index in [1.54, 1.807) is 16.8 Å². The van der Waals surface area contributed by atoms with Gasteiger partial charge in [0.05, 0.1) is 38.6 Å². The van der Waals surface area contributed by atoms with E-state index in [1.807, 2.05) is 60.7 Å². The SMILES string of the molecule is O=c1[nH]c(=S)ccn1C[C@H]1C[C@H](OCc2ccccc2)[C@@H](COCc2ccccc2)O1. The van der Waals surface area contributed by atoms with Crippen LogP contribution in [-0.4, -0.2) is 34.5 Å². The molecule has 0 unspecified atom stereocenters. The van der Waals surface area contributed by atoms with Gasteiger partial charge in [0.15, 0.2) is 0 Å². The fourth-order valence-corrected chi connectivity index (χ4v) is 3.84. The quantitative estimate of drug-likeness (QED) is 0.514. The Balaban J connectivity index is 1.39. The number of H-pyrrole nitrogens is 1. The molecule has 0 aliphatic carbocycles. The Kier molecular flexibility index (Phi) is 7.43. The minimum atomic E-state index is -0.235. The third-order valence-electron chi connectivity index (χ3n) is 5.27. The number of benzene rings is 2. The lowest BCUT2D eigenvalue weighted by molar-refractivity contribution is -0.0728. The van der Waals surface area contributed by atoms with Crippen molar-refractivity contribution >= 4 is 12.2 Å². The van der Waals surface area contributed by atoms with Crippen LogP contribution in [0.3, 0.4) is 0 Å². The molecule has 162 valence electrons. The van der Waals surface area contributed by atoms with Gasteiger partial charge in [-0.25, -0.2) is 4.79 Å². The first-order valence-electron chi connectivity index (χ1n) is 10.4. The summed E-state index contributed by atoms with van der Waals surface area (Å²) in [6.45, 7) is 1.89. The molecule has 6 nitrogen and oxygen atoms in total. The number of hydrogen-bond acceptors (Lipinski definition) is 5. The Morgan fingerprint density at radius 1 is 1.00 bits per heavy atom. The van der Waals surface area contributed by atoms with Crippen molar-refractivity contribution in [2.75, 3.05) is 6.61 Å². The van der Waals surface area contributed by atoms with Crippen LogP contribution in [0, 0.1) is 4.64 Å². The highest BCUT2D eigenvalue weighted by Gasteiger charge is 2.36. The summed E-state index contributed by atoms with van der Waals surface area (Å²) in [7, 11) is 0. The molecule has 1 aliphatic rings. The maximum absolute atomic E-state index is 12.2. The molecular formula is C24H26N2O4S. The van der Waals surface area contributed by atoms with Crippen molar-refractivity contribution < 1.29 is 14.2 Å². The average molecular weight is 439 g/mol. The molecule has 3 aromatic rings. The summed E-state index contributed by atoms with van der Waals surface area (Å²) in [6.07, 6.45) is 1.93. The normalized spacial score (nSPS) is 20.7. The van der Waals surface area contributed by atoms with E-state index in [4.69, 9.17) is 26.4 Å². The zero-order valence-corrected chi connectivity index (χ0v) is 18.0. The van der Waals surface area contributed by atoms with E-state index in [0.29, 0.717) is 37.4 Å². The van der Waals surface area contributed by atoms with E-state index in [-0.39, 0.29) is 24.0 Å². The van der Waals surface area contributed by atoms with Crippen molar-refractivity contribution in [3.05, 3.63) is 99.2 Å². The number of aromatic amines is 1. The van der Waals surface area contributed by atoms with Gasteiger partial charge in [-0.3, -0.25) is 9.55 Å². The molecule has 1 N–H and O–H groups in total. The van der Waals surface area contributed by atoms with Crippen molar-refractivity contribution in [2.45, 2.75) is 44.5 Å². The van der Waals surface area contributed by atoms with Crippen LogP contribution >= 0.6 is 12.2 Å². The van der Waals surface area contributed by atoms with Crippen LogP contribution < -0.4 is 5.69 Å². The molecule has 0 saturated carbocycles. The lowest BCUT2D eigenvalue weighted by atomic mass is 10.1. The van der Waals surface area contributed by atoms with Gasteiger partial charge in [0.2, 0.25) is 0 Å². The standard InChI is InChI=1S/C24H26N2O4S/c27-24-25-23(31)11-12-26(24)14-20-13-21(29-16-19-9-5-2-6-10-19)22(30-20)17-28-15-18-7-3-1-4-8-18/h1-12,20-22H,13-17H2,(H,25,27,31)/t20-,21+,22-/m1/s1. The minimum Gasteiger partial charge on any atom is -0.374 e. The summed E-state index contributed by atoms with van der Waals surface area (Å²) in [4.78, 5) is 14.8. The summed E-state index contributed by atoms with van der Waals surface area (Å²) in [5.74, 6) is 0. The van der Waals surface area contributed by atoms with Crippen LogP contribution in [0.25, 0.3) is 0 Å². The minimum absolute atomic E-state index is 0.112. The molecule has 1 aliphatic heterocycles. The van der Waals surface area contributed by atoms with Crippen molar-refractivity contribution in [1.82, 2.24) is 9.55 Å². The zero-order valence-electron chi connectivity index (χ0n) is 17.2. The Morgan fingerprint density at radius 2 is 1.68 bits per heavy atom. The predicted molar refractivity (Wildman–Crippen MR) is 120 cm³/mol. The summed E-state index contributed by atoms with van der Waals surface area (Å²) < 4.78 is 20.4. The summed E-state index contributed by atoms with van der Waals surface area (Å²) >= 11 is 5.01. The Hall–Kier alpha value is -2.58. The molecule has 0 amide bonds. The molecule has 0 radical (unpaired) electrons. The van der Waals surface area contributed by atoms with Crippen LogP contribution in [0.5, 0.6) is 0 Å². The van der Waals surface area contributed by atoms with Crippen LogP contribution in [0.4, 0.5) is 0 Å². The molecule has 1 aromatic heterocycles. The van der Waals surface area contributed by atoms with Gasteiger partial charge >= 0.3 is 5.69 Å². The third kappa shape index (κ3) is 6.21. The molecule has 0 bridgehead atoms. The average Bonchev–Trinajstić information content (AvgIpc) is 3.17. The third-order valence-corrected chi connectivity index (χ3v) is 5.51. The second-order valence-electron chi connectivity index (χ2n) is 7.63. The summed E-state index contributed by atoms with van der Waals surface area (Å²) in [5, 5.41) is 0. The first-order valence-corrected chi connectivity index (χ1v) is 10.8. The van der Waals surface area contributed by atoms with Crippen molar-refractivity contribution in [2.24, 2.45) is 0 Å². The van der Waals surface area contributed by atoms with Crippen molar-refractivity contribution in [3.63, 3.8) is 0 Å². The van der Waals surface area contributed by atoms with E-state index in [1.165, 1.54) is 0 Å². The van der Waals surface area contributed by atoms with Crippen LogP contribution in [0.2, 0.25) is 0 Å². The number of nitrogens with zero attached hydrogens (tertiary/aromatic N) is 1. The smallest absolute Gasteiger partial charge is 0.326 e. The largest absolute Gasteiger partial charge is 0.374 e. The molecule has 4 rings (SSSR count). The van der Waals surface area contributed by atoms with E-state index in [9.17, 15) is 4.79 Å². The molecule has 1 saturated heterocycles. The number of aromatic nitrogens is 2. The maximum atomic E-state index is 12.2. The lowest BCUT2D eigenvalue weighted by Crippen LogP contribution is -2.29. The Labute approximate surface area is 186 Å². The number of nitrogens with one attached hydrogen (secondary N) is 1. The molecule has 3 atom stereocenters. The number of hydrogen-bond donors (Lipinski definition) is 1. The van der Waals surface area contributed by atoms with Gasteiger partial charge in [-0.2, -0.15) is 0 Å². The molecule has 7 heteroatoms. The van der Waals surface area contributed by atoms with Crippen molar-refractivity contribution in [3.8, 4) is 0 Å². The summed E-state index contributed by atoms with van der Waals surface area (Å²) in [5.41, 5.74) is 1.99. The number of rotatable bonds is 9. The van der Waals surface area contributed by atoms with Crippen LogP contribution in [0.1, 0.15) is 17.5 Å². The molecule has 2 aromatic carbocycles. The van der Waals surface area contributed by atoms with Gasteiger partial charge < -0.3 is 14.2 Å². The highest BCUT2D eigenvalue weighted by atomic mass is 32.1. The van der Waals surface area contributed by atoms with Gasteiger partial charge in [-0.15, -0.1) is 0 Å². The number of ether oxygens (including phenoxy) is 3. The highest BCUT2D eigenvalue weighted by Crippen LogP contribution is 2.26. The van der Waals surface area contributed by atoms with Gasteiger partial charge in [0.1, 0.15) is 10.7 Å². The summed E-state index contributed by atoms with van der Waals surface area (Å²) in [6, 6.07) is 21.8. The van der Waals surface area contributed by atoms with Gasteiger partial charge in [-0.05, 0) is 17.2 Å². The molecular weight excluding hydrogens is 412 g/mol. The van der Waals surface area contributed by atoms with Gasteiger partial charge in [0.25, 0.3) is 0 Å². The van der Waals surface area contributed by atoms with E-state index in [0.717, 1.165) is 11.1 Å². The molecule has 2 heterocycles. The molecule has 0 spiro atoms. The first kappa shape index (κ1) is 21.6. The van der Waals surface area contributed by atoms with E-state index < -0.39 is 0 Å².